The van der Waals surface area contributed by atoms with Gasteiger partial charge in [-0.1, -0.05) is 0 Å². The Morgan fingerprint density at radius 1 is 1.00 bits per heavy atom. The predicted molar refractivity (Wildman–Crippen MR) is 183 cm³/mol. The lowest BCUT2D eigenvalue weighted by Crippen LogP contribution is -2.49. The third-order valence-corrected chi connectivity index (χ3v) is 11.6. The van der Waals surface area contributed by atoms with E-state index in [1.165, 1.54) is 0 Å². The fourth-order valence-corrected chi connectivity index (χ4v) is 8.48. The highest BCUT2D eigenvalue weighted by Crippen LogP contribution is 2.31. The Bertz CT molecular complexity index is 1770. The zero-order valence-corrected chi connectivity index (χ0v) is 28.7. The van der Waals surface area contributed by atoms with Gasteiger partial charge in [-0.2, -0.15) is 9.40 Å². The number of nitrogens with zero attached hydrogens (tertiary/aromatic N) is 5. The Kier molecular flexibility index (Phi) is 8.83. The molecule has 13 heteroatoms. The summed E-state index contributed by atoms with van der Waals surface area (Å²) in [7, 11) is -3.65. The highest BCUT2D eigenvalue weighted by molar-refractivity contribution is 7.89. The molecular formula is C34H46N8O4S. The van der Waals surface area contributed by atoms with Crippen LogP contribution in [0, 0.1) is 6.92 Å². The molecule has 4 N–H and O–H groups in total. The highest BCUT2D eigenvalue weighted by Gasteiger charge is 2.35. The monoisotopic (exact) mass is 662 g/mol. The molecular weight excluding hydrogens is 616 g/mol. The Labute approximate surface area is 277 Å². The van der Waals surface area contributed by atoms with Crippen LogP contribution in [0.3, 0.4) is 0 Å². The van der Waals surface area contributed by atoms with Gasteiger partial charge in [0.05, 0.1) is 33.1 Å². The van der Waals surface area contributed by atoms with Crippen LogP contribution in [-0.4, -0.2) is 96.1 Å². The van der Waals surface area contributed by atoms with Crippen LogP contribution in [0.2, 0.25) is 0 Å². The van der Waals surface area contributed by atoms with E-state index in [2.05, 4.69) is 39.4 Å². The summed E-state index contributed by atoms with van der Waals surface area (Å²) in [6.07, 6.45) is 1.72. The van der Waals surface area contributed by atoms with Gasteiger partial charge in [-0.3, -0.25) is 14.5 Å². The summed E-state index contributed by atoms with van der Waals surface area (Å²) in [5.74, 6) is -0.714. The maximum absolute atomic E-state index is 13.6. The van der Waals surface area contributed by atoms with E-state index in [9.17, 15) is 18.0 Å². The molecule has 0 bridgehead atoms. The molecule has 0 radical (unpaired) electrons. The van der Waals surface area contributed by atoms with E-state index in [0.717, 1.165) is 37.6 Å². The first-order chi connectivity index (χ1) is 22.2. The molecule has 0 saturated carbocycles. The zero-order chi connectivity index (χ0) is 33.7. The van der Waals surface area contributed by atoms with Gasteiger partial charge in [-0.25, -0.2) is 13.1 Å². The standard InChI is InChI=1S/C34H46N8O4S/c1-22(2)39-16-18-40(19-17-39)25-6-9-27(10-7-25)47(45,46)41-14-12-24(13-15-41)36-29-20-26(8-11-28(29)32(35)43)42-30-21-34(4,5)37-33(44)31(30)23(3)38-42/h6-11,20,22,24,36H,12-19,21H2,1-5H3,(H2,35,43)(H,37,44). The number of piperazine rings is 1. The SMILES string of the molecule is Cc1nn(-c2ccc(C(N)=O)c(NC3CCN(S(=O)(=O)c4ccc(N5CCN(C(C)C)CC5)cc4)CC3)c2)c2c1C(=O)NC(C)(C)C2. The summed E-state index contributed by atoms with van der Waals surface area (Å²) in [4.78, 5) is 30.3. The minimum absolute atomic E-state index is 0.0698. The van der Waals surface area contributed by atoms with Gasteiger partial charge in [0.2, 0.25) is 10.0 Å². The number of sulfonamides is 1. The second-order valence-corrected chi connectivity index (χ2v) is 15.8. The molecule has 3 aromatic rings. The molecule has 0 atom stereocenters. The van der Waals surface area contributed by atoms with Crippen LogP contribution in [0.1, 0.15) is 72.6 Å². The third-order valence-electron chi connectivity index (χ3n) is 9.66. The maximum atomic E-state index is 13.6. The van der Waals surface area contributed by atoms with Crippen molar-refractivity contribution in [2.75, 3.05) is 49.5 Å². The molecule has 0 unspecified atom stereocenters. The van der Waals surface area contributed by atoms with E-state index in [1.54, 1.807) is 33.3 Å². The molecule has 252 valence electrons. The number of amides is 2. The number of piperidine rings is 1. The Morgan fingerprint density at radius 2 is 1.64 bits per heavy atom. The first kappa shape index (κ1) is 33.0. The summed E-state index contributed by atoms with van der Waals surface area (Å²) in [5.41, 5.74) is 9.99. The van der Waals surface area contributed by atoms with Crippen molar-refractivity contribution in [2.24, 2.45) is 5.73 Å². The molecule has 6 rings (SSSR count). The number of primary amides is 1. The number of benzene rings is 2. The number of aryl methyl sites for hydroxylation is 1. The lowest BCUT2D eigenvalue weighted by atomic mass is 9.90. The lowest BCUT2D eigenvalue weighted by Gasteiger charge is -2.38. The van der Waals surface area contributed by atoms with Gasteiger partial charge in [0.15, 0.2) is 0 Å². The van der Waals surface area contributed by atoms with Crippen LogP contribution < -0.4 is 21.3 Å². The van der Waals surface area contributed by atoms with Crippen molar-refractivity contribution in [2.45, 2.75) is 76.4 Å². The topological polar surface area (TPSA) is 146 Å². The smallest absolute Gasteiger partial charge is 0.255 e. The van der Waals surface area contributed by atoms with Crippen molar-refractivity contribution >= 4 is 33.2 Å². The zero-order valence-electron chi connectivity index (χ0n) is 27.9. The number of anilines is 2. The van der Waals surface area contributed by atoms with Crippen molar-refractivity contribution in [3.05, 3.63) is 65.0 Å². The van der Waals surface area contributed by atoms with E-state index >= 15 is 0 Å². The van der Waals surface area contributed by atoms with Crippen LogP contribution in [-0.2, 0) is 16.4 Å². The van der Waals surface area contributed by atoms with Gasteiger partial charge in [0.1, 0.15) is 0 Å². The number of carbonyl (C=O) groups is 2. The average molecular weight is 663 g/mol. The van der Waals surface area contributed by atoms with Crippen molar-refractivity contribution < 1.29 is 18.0 Å². The summed E-state index contributed by atoms with van der Waals surface area (Å²) < 4.78 is 30.5. The summed E-state index contributed by atoms with van der Waals surface area (Å²) in [5, 5.41) is 11.2. The number of nitrogens with two attached hydrogens (primary N) is 1. The highest BCUT2D eigenvalue weighted by atomic mass is 32.2. The third kappa shape index (κ3) is 6.61. The van der Waals surface area contributed by atoms with Gasteiger partial charge in [0, 0.05) is 74.7 Å². The largest absolute Gasteiger partial charge is 0.382 e. The minimum Gasteiger partial charge on any atom is -0.382 e. The van der Waals surface area contributed by atoms with E-state index in [0.29, 0.717) is 71.5 Å². The Hall–Kier alpha value is -3.94. The molecule has 1 aromatic heterocycles. The number of nitrogens with one attached hydrogen (secondary N) is 2. The Balaban J connectivity index is 1.14. The molecule has 0 aliphatic carbocycles. The maximum Gasteiger partial charge on any atom is 0.255 e. The van der Waals surface area contributed by atoms with Crippen molar-refractivity contribution in [1.82, 2.24) is 24.3 Å². The van der Waals surface area contributed by atoms with Crippen molar-refractivity contribution in [1.29, 1.82) is 0 Å². The lowest BCUT2D eigenvalue weighted by molar-refractivity contribution is 0.0894. The first-order valence-corrected chi connectivity index (χ1v) is 17.9. The number of hydrogen-bond donors (Lipinski definition) is 3. The van der Waals surface area contributed by atoms with Gasteiger partial charge in [-0.05, 0) is 89.9 Å². The van der Waals surface area contributed by atoms with Crippen LogP contribution >= 0.6 is 0 Å². The van der Waals surface area contributed by atoms with E-state index < -0.39 is 21.5 Å². The van der Waals surface area contributed by atoms with Crippen LogP contribution in [0.25, 0.3) is 5.69 Å². The Morgan fingerprint density at radius 3 is 2.26 bits per heavy atom. The van der Waals surface area contributed by atoms with E-state index in [-0.39, 0.29) is 11.9 Å². The summed E-state index contributed by atoms with van der Waals surface area (Å²) >= 11 is 0. The number of hydrogen-bond acceptors (Lipinski definition) is 8. The fraction of sp³-hybridized carbons (Fsp3) is 0.500. The van der Waals surface area contributed by atoms with Gasteiger partial charge in [-0.15, -0.1) is 0 Å². The van der Waals surface area contributed by atoms with Gasteiger partial charge >= 0.3 is 0 Å². The predicted octanol–water partition coefficient (Wildman–Crippen LogP) is 3.14. The van der Waals surface area contributed by atoms with E-state index in [1.807, 2.05) is 39.0 Å². The normalized spacial score (nSPS) is 19.4. The molecule has 2 amide bonds. The number of fused-ring (bicyclic) bond motifs is 1. The van der Waals surface area contributed by atoms with Gasteiger partial charge < -0.3 is 21.3 Å². The summed E-state index contributed by atoms with van der Waals surface area (Å²) in [6, 6.07) is 13.0. The second kappa shape index (κ2) is 12.6. The minimum atomic E-state index is -3.65. The van der Waals surface area contributed by atoms with Gasteiger partial charge in [0.25, 0.3) is 11.8 Å². The average Bonchev–Trinajstić information content (AvgIpc) is 3.36. The molecule has 2 fully saturated rings. The molecule has 3 aliphatic heterocycles. The second-order valence-electron chi connectivity index (χ2n) is 13.9. The van der Waals surface area contributed by atoms with E-state index in [4.69, 9.17) is 5.73 Å². The number of rotatable bonds is 8. The number of carbonyl (C=O) groups excluding carboxylic acids is 2. The van der Waals surface area contributed by atoms with Crippen molar-refractivity contribution in [3.8, 4) is 5.69 Å². The molecule has 3 aliphatic rings. The molecule has 12 nitrogen and oxygen atoms in total. The first-order valence-electron chi connectivity index (χ1n) is 16.4. The number of aromatic nitrogens is 2. The molecule has 0 spiro atoms. The van der Waals surface area contributed by atoms with Crippen LogP contribution in [0.4, 0.5) is 11.4 Å². The quantitative estimate of drug-likeness (QED) is 0.334. The fourth-order valence-electron chi connectivity index (χ4n) is 7.01. The van der Waals surface area contributed by atoms with Crippen molar-refractivity contribution in [3.63, 3.8) is 0 Å². The molecule has 4 heterocycles. The summed E-state index contributed by atoms with van der Waals surface area (Å²) in [6.45, 7) is 14.7. The molecule has 47 heavy (non-hydrogen) atoms. The molecule has 2 saturated heterocycles. The van der Waals surface area contributed by atoms with Crippen LogP contribution in [0.15, 0.2) is 47.4 Å². The molecule has 2 aromatic carbocycles. The van der Waals surface area contributed by atoms with Crippen LogP contribution in [0.5, 0.6) is 0 Å².